The maximum Gasteiger partial charge on any atom is 0.181 e. The van der Waals surface area contributed by atoms with Gasteiger partial charge in [-0.15, -0.1) is 0 Å². The maximum atomic E-state index is 4.52. The van der Waals surface area contributed by atoms with E-state index in [9.17, 15) is 0 Å². The van der Waals surface area contributed by atoms with Gasteiger partial charge in [0.1, 0.15) is 6.33 Å². The molecule has 0 aliphatic carbocycles. The largest absolute Gasteiger partial charge is 0.250 e. The van der Waals surface area contributed by atoms with E-state index in [4.69, 9.17) is 0 Å². The minimum absolute atomic E-state index is 0.342. The minimum Gasteiger partial charge on any atom is -0.250 e. The van der Waals surface area contributed by atoms with Crippen LogP contribution in [-0.2, 0) is 0 Å². The molecule has 0 unspecified atom stereocenters. The van der Waals surface area contributed by atoms with Crippen LogP contribution in [0.5, 0.6) is 0 Å². The molecule has 112 valence electrons. The molecule has 0 aliphatic rings. The molecule has 0 amide bonds. The van der Waals surface area contributed by atoms with Gasteiger partial charge in [0.05, 0.1) is 0 Å². The zero-order valence-corrected chi connectivity index (χ0v) is 13.5. The van der Waals surface area contributed by atoms with Gasteiger partial charge in [0.2, 0.25) is 0 Å². The molecule has 0 saturated heterocycles. The molecular weight excluding hydrogens is 258 g/mol. The van der Waals surface area contributed by atoms with Crippen LogP contribution < -0.4 is 0 Å². The molecule has 0 spiro atoms. The molecule has 1 aromatic heterocycles. The Morgan fingerprint density at radius 1 is 1.19 bits per heavy atom. The van der Waals surface area contributed by atoms with Crippen LogP contribution in [0.3, 0.4) is 0 Å². The third kappa shape index (κ3) is 3.81. The monoisotopic (exact) mass is 283 g/mol. The molecule has 3 nitrogen and oxygen atoms in total. The SMILES string of the molecule is CC/C=C(\CCC)c1ccc(-c2ncn(C(C)C)n2)cc1. The molecule has 0 aliphatic heterocycles. The van der Waals surface area contributed by atoms with Gasteiger partial charge < -0.3 is 0 Å². The van der Waals surface area contributed by atoms with E-state index >= 15 is 0 Å². The van der Waals surface area contributed by atoms with Crippen molar-refractivity contribution in [2.45, 2.75) is 53.0 Å². The van der Waals surface area contributed by atoms with Gasteiger partial charge in [-0.1, -0.05) is 50.6 Å². The molecule has 3 heteroatoms. The van der Waals surface area contributed by atoms with Crippen molar-refractivity contribution in [2.75, 3.05) is 0 Å². The van der Waals surface area contributed by atoms with E-state index < -0.39 is 0 Å². The summed E-state index contributed by atoms with van der Waals surface area (Å²) in [7, 11) is 0. The van der Waals surface area contributed by atoms with Crippen LogP contribution in [0.1, 0.15) is 58.6 Å². The van der Waals surface area contributed by atoms with Crippen LogP contribution >= 0.6 is 0 Å². The third-order valence-corrected chi connectivity index (χ3v) is 3.52. The summed E-state index contributed by atoms with van der Waals surface area (Å²) >= 11 is 0. The first-order valence-electron chi connectivity index (χ1n) is 7.86. The molecule has 21 heavy (non-hydrogen) atoms. The second-order valence-corrected chi connectivity index (χ2v) is 5.61. The van der Waals surface area contributed by atoms with Crippen LogP contribution in [0.2, 0.25) is 0 Å². The lowest BCUT2D eigenvalue weighted by Crippen LogP contribution is -2.00. The van der Waals surface area contributed by atoms with E-state index in [2.05, 4.69) is 68.1 Å². The molecular formula is C18H25N3. The first-order chi connectivity index (χ1) is 10.2. The Bertz CT molecular complexity index is 591. The average Bonchev–Trinajstić information content (AvgIpc) is 2.97. The van der Waals surface area contributed by atoms with Crippen molar-refractivity contribution in [3.05, 3.63) is 42.2 Å². The average molecular weight is 283 g/mol. The summed E-state index contributed by atoms with van der Waals surface area (Å²) in [6.07, 6.45) is 7.51. The fourth-order valence-corrected chi connectivity index (χ4v) is 2.37. The molecule has 0 radical (unpaired) electrons. The molecule has 1 aromatic carbocycles. The van der Waals surface area contributed by atoms with Crippen LogP contribution in [0.4, 0.5) is 0 Å². The highest BCUT2D eigenvalue weighted by Gasteiger charge is 2.07. The highest BCUT2D eigenvalue weighted by Crippen LogP contribution is 2.23. The Kier molecular flexibility index (Phi) is 5.32. The lowest BCUT2D eigenvalue weighted by atomic mass is 9.99. The number of rotatable bonds is 6. The van der Waals surface area contributed by atoms with Crippen molar-refractivity contribution < 1.29 is 0 Å². The number of nitrogens with zero attached hydrogens (tertiary/aromatic N) is 3. The fraction of sp³-hybridized carbons (Fsp3) is 0.444. The van der Waals surface area contributed by atoms with Crippen molar-refractivity contribution in [1.29, 1.82) is 0 Å². The smallest absolute Gasteiger partial charge is 0.181 e. The highest BCUT2D eigenvalue weighted by molar-refractivity contribution is 5.68. The van der Waals surface area contributed by atoms with Gasteiger partial charge in [-0.25, -0.2) is 9.67 Å². The topological polar surface area (TPSA) is 30.7 Å². The van der Waals surface area contributed by atoms with Gasteiger partial charge in [-0.05, 0) is 37.8 Å². The summed E-state index contributed by atoms with van der Waals surface area (Å²) in [6, 6.07) is 8.95. The van der Waals surface area contributed by atoms with E-state index in [1.165, 1.54) is 17.6 Å². The summed E-state index contributed by atoms with van der Waals surface area (Å²) in [5.74, 6) is 0.798. The number of benzene rings is 1. The predicted octanol–water partition coefficient (Wildman–Crippen LogP) is 5.12. The Labute approximate surface area is 127 Å². The van der Waals surface area contributed by atoms with Gasteiger partial charge in [-0.2, -0.15) is 5.10 Å². The van der Waals surface area contributed by atoms with Crippen molar-refractivity contribution in [2.24, 2.45) is 0 Å². The van der Waals surface area contributed by atoms with Gasteiger partial charge in [-0.3, -0.25) is 0 Å². The first-order valence-corrected chi connectivity index (χ1v) is 7.86. The molecule has 0 N–H and O–H groups in total. The lowest BCUT2D eigenvalue weighted by Gasteiger charge is -2.07. The summed E-state index contributed by atoms with van der Waals surface area (Å²) in [5, 5.41) is 4.52. The number of allylic oxidation sites excluding steroid dienone is 2. The van der Waals surface area contributed by atoms with Crippen molar-refractivity contribution in [1.82, 2.24) is 14.8 Å². The molecule has 2 aromatic rings. The molecule has 0 bridgehead atoms. The number of hydrogen-bond donors (Lipinski definition) is 0. The minimum atomic E-state index is 0.342. The Hall–Kier alpha value is -1.90. The molecule has 0 saturated carbocycles. The van der Waals surface area contributed by atoms with E-state index in [1.54, 1.807) is 6.33 Å². The molecule has 0 atom stereocenters. The first kappa shape index (κ1) is 15.5. The summed E-state index contributed by atoms with van der Waals surface area (Å²) in [6.45, 7) is 8.62. The zero-order valence-electron chi connectivity index (χ0n) is 13.5. The summed E-state index contributed by atoms with van der Waals surface area (Å²) in [4.78, 5) is 4.39. The highest BCUT2D eigenvalue weighted by atomic mass is 15.3. The van der Waals surface area contributed by atoms with Gasteiger partial charge in [0.15, 0.2) is 5.82 Å². The van der Waals surface area contributed by atoms with Crippen LogP contribution in [0, 0.1) is 0 Å². The van der Waals surface area contributed by atoms with E-state index in [-0.39, 0.29) is 0 Å². The summed E-state index contributed by atoms with van der Waals surface area (Å²) in [5.41, 5.74) is 3.82. The van der Waals surface area contributed by atoms with E-state index in [0.29, 0.717) is 6.04 Å². The van der Waals surface area contributed by atoms with Gasteiger partial charge in [0, 0.05) is 11.6 Å². The number of hydrogen-bond acceptors (Lipinski definition) is 2. The van der Waals surface area contributed by atoms with Crippen LogP contribution in [0.25, 0.3) is 17.0 Å². The molecule has 2 rings (SSSR count). The Morgan fingerprint density at radius 2 is 1.90 bits per heavy atom. The quantitative estimate of drug-likeness (QED) is 0.736. The van der Waals surface area contributed by atoms with E-state index in [0.717, 1.165) is 24.2 Å². The second-order valence-electron chi connectivity index (χ2n) is 5.61. The second kappa shape index (κ2) is 7.21. The number of aromatic nitrogens is 3. The fourth-order valence-electron chi connectivity index (χ4n) is 2.37. The Morgan fingerprint density at radius 3 is 2.43 bits per heavy atom. The van der Waals surface area contributed by atoms with Crippen LogP contribution in [0.15, 0.2) is 36.7 Å². The third-order valence-electron chi connectivity index (χ3n) is 3.52. The van der Waals surface area contributed by atoms with Gasteiger partial charge >= 0.3 is 0 Å². The van der Waals surface area contributed by atoms with Gasteiger partial charge in [0.25, 0.3) is 0 Å². The molecule has 1 heterocycles. The van der Waals surface area contributed by atoms with Crippen molar-refractivity contribution in [3.8, 4) is 11.4 Å². The van der Waals surface area contributed by atoms with Crippen molar-refractivity contribution in [3.63, 3.8) is 0 Å². The normalized spacial score (nSPS) is 12.1. The lowest BCUT2D eigenvalue weighted by molar-refractivity contribution is 0.532. The predicted molar refractivity (Wildman–Crippen MR) is 89.0 cm³/mol. The zero-order chi connectivity index (χ0) is 15.2. The Balaban J connectivity index is 2.23. The summed E-state index contributed by atoms with van der Waals surface area (Å²) < 4.78 is 1.89. The van der Waals surface area contributed by atoms with Crippen molar-refractivity contribution >= 4 is 5.57 Å². The maximum absolute atomic E-state index is 4.52. The van der Waals surface area contributed by atoms with E-state index in [1.807, 2.05) is 4.68 Å². The molecule has 0 fully saturated rings. The standard InChI is InChI=1S/C18H25N3/c1-5-7-15(8-6-2)16-9-11-17(12-10-16)18-19-13-21(20-18)14(3)4/h7,9-14H,5-6,8H2,1-4H3/b15-7+. The van der Waals surface area contributed by atoms with Crippen LogP contribution in [-0.4, -0.2) is 14.8 Å².